The van der Waals surface area contributed by atoms with E-state index in [0.29, 0.717) is 12.0 Å². The lowest BCUT2D eigenvalue weighted by atomic mass is 10.00. The lowest BCUT2D eigenvalue weighted by Crippen LogP contribution is -2.01. The van der Waals surface area contributed by atoms with E-state index in [1.54, 1.807) is 6.07 Å². The average molecular weight is 251 g/mol. The van der Waals surface area contributed by atoms with Crippen LogP contribution in [-0.2, 0) is 6.42 Å². The standard InChI is InChI=1S/C14H15ClO2/c1-9-5-10(2)7-11(6-9)8-13(16)12-3-4-17-14(12)15/h3-7,13,16H,8H2,1-2H3. The highest BCUT2D eigenvalue weighted by Gasteiger charge is 2.14. The summed E-state index contributed by atoms with van der Waals surface area (Å²) in [6, 6.07) is 7.96. The molecule has 0 aliphatic carbocycles. The normalized spacial score (nSPS) is 12.7. The first-order valence-corrected chi connectivity index (χ1v) is 5.92. The van der Waals surface area contributed by atoms with Crippen LogP contribution in [0, 0.1) is 13.8 Å². The topological polar surface area (TPSA) is 33.4 Å². The third-order valence-electron chi connectivity index (χ3n) is 2.72. The van der Waals surface area contributed by atoms with Crippen molar-refractivity contribution in [3.63, 3.8) is 0 Å². The van der Waals surface area contributed by atoms with Gasteiger partial charge in [-0.25, -0.2) is 0 Å². The van der Waals surface area contributed by atoms with E-state index in [1.807, 2.05) is 13.8 Å². The fraction of sp³-hybridized carbons (Fsp3) is 0.286. The second kappa shape index (κ2) is 4.94. The van der Waals surface area contributed by atoms with E-state index in [2.05, 4.69) is 18.2 Å². The summed E-state index contributed by atoms with van der Waals surface area (Å²) in [5.41, 5.74) is 4.15. The van der Waals surface area contributed by atoms with Crippen molar-refractivity contribution in [1.82, 2.24) is 0 Å². The highest BCUT2D eigenvalue weighted by molar-refractivity contribution is 6.29. The van der Waals surface area contributed by atoms with Crippen molar-refractivity contribution in [2.75, 3.05) is 0 Å². The fourth-order valence-corrected chi connectivity index (χ4v) is 2.30. The molecule has 17 heavy (non-hydrogen) atoms. The van der Waals surface area contributed by atoms with Gasteiger partial charge in [-0.05, 0) is 37.1 Å². The second-order valence-corrected chi connectivity index (χ2v) is 4.71. The molecule has 0 bridgehead atoms. The number of rotatable bonds is 3. The molecule has 0 fully saturated rings. The molecular formula is C14H15ClO2. The number of benzene rings is 1. The van der Waals surface area contributed by atoms with Crippen LogP contribution in [-0.4, -0.2) is 5.11 Å². The second-order valence-electron chi connectivity index (χ2n) is 4.37. The van der Waals surface area contributed by atoms with Gasteiger partial charge in [0.25, 0.3) is 0 Å². The molecule has 1 aromatic heterocycles. The van der Waals surface area contributed by atoms with Crippen molar-refractivity contribution in [3.8, 4) is 0 Å². The Balaban J connectivity index is 2.18. The Morgan fingerprint density at radius 3 is 2.41 bits per heavy atom. The Hall–Kier alpha value is -1.25. The number of hydrogen-bond donors (Lipinski definition) is 1. The summed E-state index contributed by atoms with van der Waals surface area (Å²) in [7, 11) is 0. The zero-order chi connectivity index (χ0) is 12.4. The summed E-state index contributed by atoms with van der Waals surface area (Å²) >= 11 is 5.84. The third kappa shape index (κ3) is 2.90. The predicted octanol–water partition coefficient (Wildman–Crippen LogP) is 3.83. The molecule has 0 saturated carbocycles. The average Bonchev–Trinajstić information content (AvgIpc) is 2.62. The molecule has 0 aliphatic heterocycles. The maximum atomic E-state index is 10.1. The molecule has 0 radical (unpaired) electrons. The highest BCUT2D eigenvalue weighted by atomic mass is 35.5. The predicted molar refractivity (Wildman–Crippen MR) is 68.3 cm³/mol. The van der Waals surface area contributed by atoms with Gasteiger partial charge in [-0.2, -0.15) is 0 Å². The van der Waals surface area contributed by atoms with E-state index >= 15 is 0 Å². The highest BCUT2D eigenvalue weighted by Crippen LogP contribution is 2.27. The van der Waals surface area contributed by atoms with Crippen LogP contribution in [0.3, 0.4) is 0 Å². The summed E-state index contributed by atoms with van der Waals surface area (Å²) < 4.78 is 4.98. The number of aliphatic hydroxyl groups excluding tert-OH is 1. The Morgan fingerprint density at radius 1 is 1.24 bits per heavy atom. The molecule has 0 spiro atoms. The van der Waals surface area contributed by atoms with Gasteiger partial charge >= 0.3 is 0 Å². The van der Waals surface area contributed by atoms with Gasteiger partial charge in [0.05, 0.1) is 12.4 Å². The Kier molecular flexibility index (Phi) is 3.55. The van der Waals surface area contributed by atoms with Crippen LogP contribution in [0.4, 0.5) is 0 Å². The van der Waals surface area contributed by atoms with E-state index < -0.39 is 6.10 Å². The van der Waals surface area contributed by atoms with Gasteiger partial charge in [-0.3, -0.25) is 0 Å². The number of furan rings is 1. The van der Waals surface area contributed by atoms with Gasteiger partial charge in [0.15, 0.2) is 5.22 Å². The van der Waals surface area contributed by atoms with Crippen LogP contribution in [0.25, 0.3) is 0 Å². The van der Waals surface area contributed by atoms with E-state index in [4.69, 9.17) is 16.0 Å². The van der Waals surface area contributed by atoms with Gasteiger partial charge in [-0.1, -0.05) is 29.3 Å². The van der Waals surface area contributed by atoms with Crippen molar-refractivity contribution in [2.24, 2.45) is 0 Å². The third-order valence-corrected chi connectivity index (χ3v) is 3.02. The molecule has 1 N–H and O–H groups in total. The number of aryl methyl sites for hydroxylation is 2. The fourth-order valence-electron chi connectivity index (χ4n) is 2.06. The van der Waals surface area contributed by atoms with Crippen LogP contribution in [0.5, 0.6) is 0 Å². The van der Waals surface area contributed by atoms with Gasteiger partial charge < -0.3 is 9.52 Å². The molecule has 1 heterocycles. The van der Waals surface area contributed by atoms with Crippen LogP contribution >= 0.6 is 11.6 Å². The monoisotopic (exact) mass is 250 g/mol. The summed E-state index contributed by atoms with van der Waals surface area (Å²) in [5, 5.41) is 10.3. The summed E-state index contributed by atoms with van der Waals surface area (Å²) in [6.45, 7) is 4.10. The van der Waals surface area contributed by atoms with Gasteiger partial charge in [0, 0.05) is 12.0 Å². The Labute approximate surface area is 106 Å². The minimum atomic E-state index is -0.623. The first-order valence-electron chi connectivity index (χ1n) is 5.54. The molecule has 0 saturated heterocycles. The van der Waals surface area contributed by atoms with Crippen LogP contribution < -0.4 is 0 Å². The van der Waals surface area contributed by atoms with E-state index in [9.17, 15) is 5.11 Å². The largest absolute Gasteiger partial charge is 0.453 e. The summed E-state index contributed by atoms with van der Waals surface area (Å²) in [4.78, 5) is 0. The van der Waals surface area contributed by atoms with E-state index in [0.717, 1.165) is 5.56 Å². The molecule has 0 amide bonds. The maximum Gasteiger partial charge on any atom is 0.198 e. The zero-order valence-corrected chi connectivity index (χ0v) is 10.7. The number of halogens is 1. The van der Waals surface area contributed by atoms with Crippen LogP contribution in [0.1, 0.15) is 28.4 Å². The van der Waals surface area contributed by atoms with Crippen LogP contribution in [0.15, 0.2) is 34.9 Å². The molecule has 90 valence electrons. The van der Waals surface area contributed by atoms with E-state index in [-0.39, 0.29) is 5.22 Å². The smallest absolute Gasteiger partial charge is 0.198 e. The lowest BCUT2D eigenvalue weighted by Gasteiger charge is -2.10. The Morgan fingerprint density at radius 2 is 1.88 bits per heavy atom. The Bertz CT molecular complexity index is 496. The molecule has 0 aliphatic rings. The van der Waals surface area contributed by atoms with Crippen LogP contribution in [0.2, 0.25) is 5.22 Å². The maximum absolute atomic E-state index is 10.1. The van der Waals surface area contributed by atoms with Crippen molar-refractivity contribution in [3.05, 3.63) is 58.0 Å². The SMILES string of the molecule is Cc1cc(C)cc(CC(O)c2ccoc2Cl)c1. The minimum absolute atomic E-state index is 0.266. The molecule has 1 aromatic carbocycles. The molecule has 1 unspecified atom stereocenters. The van der Waals surface area contributed by atoms with Crippen molar-refractivity contribution >= 4 is 11.6 Å². The van der Waals surface area contributed by atoms with Gasteiger partial charge in [-0.15, -0.1) is 0 Å². The first-order chi connectivity index (χ1) is 8.06. The quantitative estimate of drug-likeness (QED) is 0.898. The molecule has 2 rings (SSSR count). The van der Waals surface area contributed by atoms with Crippen molar-refractivity contribution < 1.29 is 9.52 Å². The molecule has 2 aromatic rings. The molecule has 1 atom stereocenters. The first kappa shape index (κ1) is 12.2. The molecule has 2 nitrogen and oxygen atoms in total. The van der Waals surface area contributed by atoms with E-state index in [1.165, 1.54) is 17.4 Å². The number of hydrogen-bond acceptors (Lipinski definition) is 2. The number of aliphatic hydroxyl groups is 1. The molecule has 3 heteroatoms. The minimum Gasteiger partial charge on any atom is -0.453 e. The molecular weight excluding hydrogens is 236 g/mol. The summed E-state index contributed by atoms with van der Waals surface area (Å²) in [5.74, 6) is 0. The summed E-state index contributed by atoms with van der Waals surface area (Å²) in [6.07, 6.45) is 1.41. The van der Waals surface area contributed by atoms with Crippen molar-refractivity contribution in [2.45, 2.75) is 26.4 Å². The van der Waals surface area contributed by atoms with Crippen molar-refractivity contribution in [1.29, 1.82) is 0 Å². The van der Waals surface area contributed by atoms with Gasteiger partial charge in [0.1, 0.15) is 0 Å². The zero-order valence-electron chi connectivity index (χ0n) is 9.90. The van der Waals surface area contributed by atoms with Gasteiger partial charge in [0.2, 0.25) is 0 Å². The lowest BCUT2D eigenvalue weighted by molar-refractivity contribution is 0.177.